The second-order valence-corrected chi connectivity index (χ2v) is 11.9. The molecule has 0 fully saturated rings. The summed E-state index contributed by atoms with van der Waals surface area (Å²) in [5.41, 5.74) is 1.05. The fraction of sp³-hybridized carbons (Fsp3) is 0.348. The van der Waals surface area contributed by atoms with Crippen LogP contribution in [-0.2, 0) is 0 Å². The number of furan rings is 1. The maximum atomic E-state index is 12.8. The van der Waals surface area contributed by atoms with Crippen LogP contribution in [0.4, 0.5) is 5.69 Å². The molecule has 4 rings (SSSR count). The van der Waals surface area contributed by atoms with E-state index in [1.54, 1.807) is 6.07 Å². The molecule has 0 radical (unpaired) electrons. The number of nitrogens with zero attached hydrogens (tertiary/aromatic N) is 2. The predicted molar refractivity (Wildman–Crippen MR) is 128 cm³/mol. The average molecular weight is 490 g/mol. The molecule has 34 heavy (non-hydrogen) atoms. The Bertz CT molecular complexity index is 1200. The Morgan fingerprint density at radius 1 is 1.06 bits per heavy atom. The molecule has 1 aromatic carbocycles. The van der Waals surface area contributed by atoms with Crippen LogP contribution in [0.3, 0.4) is 0 Å². The molecule has 1 aliphatic rings. The van der Waals surface area contributed by atoms with Gasteiger partial charge in [-0.05, 0) is 43.2 Å². The molecule has 1 aliphatic heterocycles. The first-order valence-electron chi connectivity index (χ1n) is 10.4. The van der Waals surface area contributed by atoms with E-state index >= 15 is 0 Å². The van der Waals surface area contributed by atoms with E-state index in [0.29, 0.717) is 5.75 Å². The number of anilines is 1. The van der Waals surface area contributed by atoms with Gasteiger partial charge in [-0.2, -0.15) is 9.97 Å². The molecule has 1 amide bonds. The normalized spacial score (nSPS) is 14.9. The van der Waals surface area contributed by atoms with E-state index in [9.17, 15) is 4.79 Å². The summed E-state index contributed by atoms with van der Waals surface area (Å²) in [6, 6.07) is 7.13. The highest BCUT2D eigenvalue weighted by Gasteiger charge is 2.27. The van der Waals surface area contributed by atoms with E-state index in [1.807, 2.05) is 19.1 Å². The summed E-state index contributed by atoms with van der Waals surface area (Å²) in [6.07, 6.45) is 4.52. The van der Waals surface area contributed by atoms with Gasteiger partial charge in [0.05, 0.1) is 27.9 Å². The van der Waals surface area contributed by atoms with Crippen molar-refractivity contribution in [3.05, 3.63) is 35.6 Å². The van der Waals surface area contributed by atoms with E-state index < -0.39 is 15.9 Å². The van der Waals surface area contributed by atoms with Gasteiger partial charge in [0, 0.05) is 16.7 Å². The standard InChI is InChI=1S/C23H27N3O7S/c1-13-11-16-17(34(5,6)10-9-31-16)12-15(13)33-18-8-7-14(32-18)20(27)24-19-21(28-2)25-23(30-4)26-22(19)29-3/h7-8,11-12H,9-10H2,1-6H3,(H,24,27). The highest BCUT2D eigenvalue weighted by Crippen LogP contribution is 2.57. The Morgan fingerprint density at radius 2 is 1.76 bits per heavy atom. The molecular weight excluding hydrogens is 462 g/mol. The van der Waals surface area contributed by atoms with Crippen molar-refractivity contribution in [1.29, 1.82) is 0 Å². The number of fused-ring (bicyclic) bond motifs is 1. The van der Waals surface area contributed by atoms with Crippen molar-refractivity contribution < 1.29 is 32.9 Å². The Labute approximate surface area is 198 Å². The predicted octanol–water partition coefficient (Wildman–Crippen LogP) is 4.26. The van der Waals surface area contributed by atoms with Crippen molar-refractivity contribution in [3.63, 3.8) is 0 Å². The highest BCUT2D eigenvalue weighted by molar-refractivity contribution is 8.32. The summed E-state index contributed by atoms with van der Waals surface area (Å²) in [5.74, 6) is 2.37. The van der Waals surface area contributed by atoms with Crippen molar-refractivity contribution >= 4 is 21.6 Å². The number of methoxy groups -OCH3 is 3. The van der Waals surface area contributed by atoms with Gasteiger partial charge in [-0.15, -0.1) is 0 Å². The van der Waals surface area contributed by atoms with Gasteiger partial charge in [0.2, 0.25) is 11.8 Å². The number of rotatable bonds is 7. The molecule has 0 saturated carbocycles. The molecule has 0 atom stereocenters. The number of benzene rings is 1. The molecule has 3 aromatic rings. The zero-order chi connectivity index (χ0) is 24.5. The van der Waals surface area contributed by atoms with Gasteiger partial charge in [-0.3, -0.25) is 4.79 Å². The van der Waals surface area contributed by atoms with Crippen LogP contribution in [0.5, 0.6) is 35.2 Å². The van der Waals surface area contributed by atoms with E-state index in [-0.39, 0.29) is 35.2 Å². The van der Waals surface area contributed by atoms with Crippen LogP contribution in [0, 0.1) is 6.92 Å². The number of carbonyl (C=O) groups excluding carboxylic acids is 1. The summed E-state index contributed by atoms with van der Waals surface area (Å²) < 4.78 is 33.0. The summed E-state index contributed by atoms with van der Waals surface area (Å²) in [6.45, 7) is 2.66. The molecule has 3 heterocycles. The number of ether oxygens (including phenoxy) is 5. The molecule has 0 unspecified atom stereocenters. The van der Waals surface area contributed by atoms with E-state index in [4.69, 9.17) is 28.1 Å². The van der Waals surface area contributed by atoms with Crippen molar-refractivity contribution in [3.8, 4) is 35.2 Å². The third-order valence-electron chi connectivity index (χ3n) is 5.33. The smallest absolute Gasteiger partial charge is 0.322 e. The lowest BCUT2D eigenvalue weighted by atomic mass is 10.2. The van der Waals surface area contributed by atoms with Gasteiger partial charge in [0.1, 0.15) is 11.5 Å². The second-order valence-electron chi connectivity index (χ2n) is 7.93. The summed E-state index contributed by atoms with van der Waals surface area (Å²) in [4.78, 5) is 22.1. The lowest BCUT2D eigenvalue weighted by Crippen LogP contribution is -2.17. The maximum absolute atomic E-state index is 12.8. The van der Waals surface area contributed by atoms with Crippen molar-refractivity contribution in [2.75, 3.05) is 51.5 Å². The van der Waals surface area contributed by atoms with Gasteiger partial charge in [0.15, 0.2) is 11.4 Å². The first-order chi connectivity index (χ1) is 16.2. The number of hydrogen-bond donors (Lipinski definition) is 1. The number of aromatic nitrogens is 2. The Balaban J connectivity index is 1.56. The van der Waals surface area contributed by atoms with Crippen molar-refractivity contribution in [2.45, 2.75) is 11.8 Å². The number of aryl methyl sites for hydroxylation is 1. The highest BCUT2D eigenvalue weighted by atomic mass is 32.3. The third-order valence-corrected chi connectivity index (χ3v) is 8.03. The van der Waals surface area contributed by atoms with Crippen LogP contribution in [0.15, 0.2) is 33.6 Å². The van der Waals surface area contributed by atoms with Gasteiger partial charge < -0.3 is 33.4 Å². The molecule has 0 bridgehead atoms. The van der Waals surface area contributed by atoms with Crippen LogP contribution in [-0.4, -0.2) is 62.1 Å². The maximum Gasteiger partial charge on any atom is 0.322 e. The molecule has 10 nitrogen and oxygen atoms in total. The summed E-state index contributed by atoms with van der Waals surface area (Å²) >= 11 is 0. The molecule has 182 valence electrons. The van der Waals surface area contributed by atoms with E-state index in [1.165, 1.54) is 27.4 Å². The lowest BCUT2D eigenvalue weighted by Gasteiger charge is -2.37. The largest absolute Gasteiger partial charge is 0.492 e. The molecule has 1 N–H and O–H groups in total. The van der Waals surface area contributed by atoms with Gasteiger partial charge in [-0.1, -0.05) is 0 Å². The molecule has 0 spiro atoms. The summed E-state index contributed by atoms with van der Waals surface area (Å²) in [5, 5.41) is 2.66. The average Bonchev–Trinajstić information content (AvgIpc) is 3.28. The minimum absolute atomic E-state index is 0.0276. The lowest BCUT2D eigenvalue weighted by molar-refractivity contribution is 0.0990. The minimum Gasteiger partial charge on any atom is -0.492 e. The fourth-order valence-corrected chi connectivity index (χ4v) is 5.25. The second kappa shape index (κ2) is 9.34. The van der Waals surface area contributed by atoms with Crippen LogP contribution < -0.4 is 29.0 Å². The zero-order valence-corrected chi connectivity index (χ0v) is 20.7. The number of hydrogen-bond acceptors (Lipinski definition) is 9. The van der Waals surface area contributed by atoms with Crippen LogP contribution >= 0.6 is 10.0 Å². The minimum atomic E-state index is -0.979. The first kappa shape index (κ1) is 23.6. The number of carbonyl (C=O) groups is 1. The quantitative estimate of drug-likeness (QED) is 0.520. The SMILES string of the molecule is COc1nc(OC)c(NC(=O)c2ccc(Oc3cc4c(cc3C)OCCS4(C)C)o2)c(OC)n1. The van der Waals surface area contributed by atoms with Crippen molar-refractivity contribution in [2.24, 2.45) is 0 Å². The van der Waals surface area contributed by atoms with Crippen molar-refractivity contribution in [1.82, 2.24) is 9.97 Å². The van der Waals surface area contributed by atoms with Crippen LogP contribution in [0.2, 0.25) is 0 Å². The third kappa shape index (κ3) is 4.56. The zero-order valence-electron chi connectivity index (χ0n) is 19.9. The van der Waals surface area contributed by atoms with E-state index in [0.717, 1.165) is 28.6 Å². The first-order valence-corrected chi connectivity index (χ1v) is 13.0. The Hall–Kier alpha value is -3.60. The fourth-order valence-electron chi connectivity index (χ4n) is 3.44. The monoisotopic (exact) mass is 489 g/mol. The number of amides is 1. The van der Waals surface area contributed by atoms with Gasteiger partial charge in [0.25, 0.3) is 11.9 Å². The molecule has 0 aliphatic carbocycles. The molecule has 2 aromatic heterocycles. The van der Waals surface area contributed by atoms with Gasteiger partial charge >= 0.3 is 6.01 Å². The van der Waals surface area contributed by atoms with Crippen LogP contribution in [0.1, 0.15) is 16.1 Å². The van der Waals surface area contributed by atoms with E-state index in [2.05, 4.69) is 27.8 Å². The Kier molecular flexibility index (Phi) is 6.47. The number of nitrogens with one attached hydrogen (secondary N) is 1. The summed E-state index contributed by atoms with van der Waals surface area (Å²) in [7, 11) is 3.25. The topological polar surface area (TPSA) is 114 Å². The van der Waals surface area contributed by atoms with Gasteiger partial charge in [-0.25, -0.2) is 10.0 Å². The molecular formula is C23H27N3O7S. The molecule has 0 saturated heterocycles. The van der Waals surface area contributed by atoms with Crippen LogP contribution in [0.25, 0.3) is 0 Å². The molecule has 11 heteroatoms. The Morgan fingerprint density at radius 3 is 2.41 bits per heavy atom.